The van der Waals surface area contributed by atoms with Crippen LogP contribution in [0.2, 0.25) is 0 Å². The molecule has 0 aliphatic heterocycles. The Labute approximate surface area is 145 Å². The Kier molecular flexibility index (Phi) is 5.16. The van der Waals surface area contributed by atoms with Gasteiger partial charge in [0.2, 0.25) is 10.0 Å². The molecule has 2 rings (SSSR count). The summed E-state index contributed by atoms with van der Waals surface area (Å²) < 4.78 is 52.4. The molecule has 0 spiro atoms. The summed E-state index contributed by atoms with van der Waals surface area (Å²) in [4.78, 5) is 10.4. The van der Waals surface area contributed by atoms with Crippen molar-refractivity contribution in [2.75, 3.05) is 18.8 Å². The number of hydrogen-bond acceptors (Lipinski definition) is 5. The van der Waals surface area contributed by atoms with E-state index in [9.17, 15) is 21.6 Å². The zero-order valence-corrected chi connectivity index (χ0v) is 15.0. The first-order valence-corrected chi connectivity index (χ1v) is 9.85. The Morgan fingerprint density at radius 3 is 2.04 bits per heavy atom. The Morgan fingerprint density at radius 1 is 0.960 bits per heavy atom. The Balaban J connectivity index is 2.35. The molecule has 0 bridgehead atoms. The number of benzene rings is 2. The number of aromatic carboxylic acids is 1. The van der Waals surface area contributed by atoms with E-state index >= 15 is 0 Å². The van der Waals surface area contributed by atoms with Crippen LogP contribution in [-0.2, 0) is 20.0 Å². The number of carboxylic acids is 1. The van der Waals surface area contributed by atoms with Crippen molar-refractivity contribution in [1.82, 2.24) is 4.31 Å². The van der Waals surface area contributed by atoms with Crippen molar-refractivity contribution in [3.8, 4) is 0 Å². The van der Waals surface area contributed by atoms with Gasteiger partial charge in [-0.25, -0.2) is 25.9 Å². The summed E-state index contributed by atoms with van der Waals surface area (Å²) in [5.41, 5.74) is 0.174. The summed E-state index contributed by atoms with van der Waals surface area (Å²) in [6.07, 6.45) is 0. The van der Waals surface area contributed by atoms with Crippen LogP contribution >= 0.6 is 0 Å². The van der Waals surface area contributed by atoms with E-state index in [1.165, 1.54) is 56.6 Å². The third kappa shape index (κ3) is 4.16. The summed E-state index contributed by atoms with van der Waals surface area (Å²) >= 11 is 0. The van der Waals surface area contributed by atoms with E-state index in [0.717, 1.165) is 10.4 Å². The van der Waals surface area contributed by atoms with Gasteiger partial charge in [0.05, 0.1) is 15.4 Å². The van der Waals surface area contributed by atoms with Gasteiger partial charge < -0.3 is 5.11 Å². The molecule has 2 N–H and O–H groups in total. The number of anilines is 1. The smallest absolute Gasteiger partial charge is 0.335 e. The van der Waals surface area contributed by atoms with Crippen LogP contribution in [0.25, 0.3) is 0 Å². The molecule has 10 heteroatoms. The molecule has 134 valence electrons. The average molecular weight is 384 g/mol. The van der Waals surface area contributed by atoms with Crippen molar-refractivity contribution in [3.63, 3.8) is 0 Å². The van der Waals surface area contributed by atoms with E-state index in [2.05, 4.69) is 4.72 Å². The van der Waals surface area contributed by atoms with Gasteiger partial charge in [0.25, 0.3) is 10.0 Å². The molecule has 0 aromatic heterocycles. The highest BCUT2D eigenvalue weighted by atomic mass is 32.2. The standard InChI is InChI=1S/C15H16N2O6S2/c1-17(2)25(22,23)14-5-3-4-13(10-14)24(20,21)16-12-8-6-11(7-9-12)15(18)19/h3-10,16H,1-2H3,(H,18,19). The first-order valence-electron chi connectivity index (χ1n) is 6.93. The van der Waals surface area contributed by atoms with Gasteiger partial charge in [-0.1, -0.05) is 6.07 Å². The summed E-state index contributed by atoms with van der Waals surface area (Å²) in [5, 5.41) is 8.84. The maximum Gasteiger partial charge on any atom is 0.335 e. The number of rotatable bonds is 6. The minimum Gasteiger partial charge on any atom is -0.478 e. The molecule has 2 aromatic carbocycles. The van der Waals surface area contributed by atoms with Crippen LogP contribution in [0.5, 0.6) is 0 Å². The number of carboxylic acid groups (broad SMARTS) is 1. The van der Waals surface area contributed by atoms with Crippen LogP contribution < -0.4 is 4.72 Å². The van der Waals surface area contributed by atoms with Gasteiger partial charge in [-0.05, 0) is 42.5 Å². The van der Waals surface area contributed by atoms with Crippen LogP contribution in [0, 0.1) is 0 Å². The molecule has 0 unspecified atom stereocenters. The van der Waals surface area contributed by atoms with Crippen molar-refractivity contribution in [2.45, 2.75) is 9.79 Å². The molecule has 2 aromatic rings. The molecule has 25 heavy (non-hydrogen) atoms. The number of sulfonamides is 2. The molecule has 0 aliphatic rings. The highest BCUT2D eigenvalue weighted by Gasteiger charge is 2.21. The predicted octanol–water partition coefficient (Wildman–Crippen LogP) is 1.44. The molecular formula is C15H16N2O6S2. The minimum atomic E-state index is -4.04. The van der Waals surface area contributed by atoms with E-state index in [1.54, 1.807) is 0 Å². The number of carbonyl (C=O) groups is 1. The maximum atomic E-state index is 12.4. The second kappa shape index (κ2) is 6.82. The Bertz CT molecular complexity index is 997. The molecule has 0 aliphatic carbocycles. The van der Waals surface area contributed by atoms with Gasteiger partial charge in [0, 0.05) is 19.8 Å². The predicted molar refractivity (Wildman–Crippen MR) is 91.5 cm³/mol. The van der Waals surface area contributed by atoms with Gasteiger partial charge in [-0.3, -0.25) is 4.72 Å². The van der Waals surface area contributed by atoms with Crippen molar-refractivity contribution in [2.24, 2.45) is 0 Å². The molecule has 0 radical (unpaired) electrons. The summed E-state index contributed by atoms with van der Waals surface area (Å²) in [6.45, 7) is 0. The molecule has 8 nitrogen and oxygen atoms in total. The average Bonchev–Trinajstić information content (AvgIpc) is 2.55. The second-order valence-corrected chi connectivity index (χ2v) is 9.08. The quantitative estimate of drug-likeness (QED) is 0.777. The summed E-state index contributed by atoms with van der Waals surface area (Å²) in [5.74, 6) is -1.13. The zero-order valence-electron chi connectivity index (χ0n) is 13.4. The third-order valence-corrected chi connectivity index (χ3v) is 6.47. The lowest BCUT2D eigenvalue weighted by Gasteiger charge is -2.13. The molecule has 0 amide bonds. The first kappa shape index (κ1) is 18.9. The van der Waals surface area contributed by atoms with Crippen LogP contribution in [-0.4, -0.2) is 46.3 Å². The maximum absolute atomic E-state index is 12.4. The van der Waals surface area contributed by atoms with Crippen molar-refractivity contribution >= 4 is 31.7 Å². The van der Waals surface area contributed by atoms with Crippen LogP contribution in [0.15, 0.2) is 58.3 Å². The molecule has 0 heterocycles. The fraction of sp³-hybridized carbons (Fsp3) is 0.133. The number of hydrogen-bond donors (Lipinski definition) is 2. The molecule has 0 fully saturated rings. The van der Waals surface area contributed by atoms with E-state index < -0.39 is 26.0 Å². The van der Waals surface area contributed by atoms with Crippen molar-refractivity contribution < 1.29 is 26.7 Å². The largest absolute Gasteiger partial charge is 0.478 e. The molecule has 0 saturated carbocycles. The molecule has 0 saturated heterocycles. The number of nitrogens with one attached hydrogen (secondary N) is 1. The van der Waals surface area contributed by atoms with Crippen LogP contribution in [0.1, 0.15) is 10.4 Å². The van der Waals surface area contributed by atoms with Crippen molar-refractivity contribution in [3.05, 3.63) is 54.1 Å². The first-order chi connectivity index (χ1) is 11.5. The lowest BCUT2D eigenvalue weighted by atomic mass is 10.2. The monoisotopic (exact) mass is 384 g/mol. The van der Waals surface area contributed by atoms with Crippen LogP contribution in [0.4, 0.5) is 5.69 Å². The fourth-order valence-electron chi connectivity index (χ4n) is 1.91. The lowest BCUT2D eigenvalue weighted by Crippen LogP contribution is -2.22. The Hall–Kier alpha value is -2.43. The van der Waals surface area contributed by atoms with Gasteiger partial charge in [-0.2, -0.15) is 0 Å². The molecular weight excluding hydrogens is 368 g/mol. The van der Waals surface area contributed by atoms with Gasteiger partial charge in [-0.15, -0.1) is 0 Å². The normalized spacial score (nSPS) is 12.1. The SMILES string of the molecule is CN(C)S(=O)(=O)c1cccc(S(=O)(=O)Nc2ccc(C(=O)O)cc2)c1. The lowest BCUT2D eigenvalue weighted by molar-refractivity contribution is 0.0697. The zero-order chi connectivity index (χ0) is 18.8. The summed E-state index contributed by atoms with van der Waals surface area (Å²) in [7, 11) is -5.12. The number of nitrogens with zero attached hydrogens (tertiary/aromatic N) is 1. The van der Waals surface area contributed by atoms with E-state index in [0.29, 0.717) is 0 Å². The van der Waals surface area contributed by atoms with Gasteiger partial charge in [0.1, 0.15) is 0 Å². The topological polar surface area (TPSA) is 121 Å². The van der Waals surface area contributed by atoms with Gasteiger partial charge >= 0.3 is 5.97 Å². The Morgan fingerprint density at radius 2 is 1.52 bits per heavy atom. The highest BCUT2D eigenvalue weighted by molar-refractivity contribution is 7.93. The fourth-order valence-corrected chi connectivity index (χ4v) is 4.03. The second-order valence-electron chi connectivity index (χ2n) is 5.25. The summed E-state index contributed by atoms with van der Waals surface area (Å²) in [6, 6.07) is 10.1. The van der Waals surface area contributed by atoms with E-state index in [-0.39, 0.29) is 21.0 Å². The minimum absolute atomic E-state index is 0.0158. The third-order valence-electron chi connectivity index (χ3n) is 3.28. The van der Waals surface area contributed by atoms with Crippen molar-refractivity contribution in [1.29, 1.82) is 0 Å². The highest BCUT2D eigenvalue weighted by Crippen LogP contribution is 2.21. The van der Waals surface area contributed by atoms with E-state index in [4.69, 9.17) is 5.11 Å². The van der Waals surface area contributed by atoms with E-state index in [1.807, 2.05) is 0 Å². The van der Waals surface area contributed by atoms with Crippen LogP contribution in [0.3, 0.4) is 0 Å². The van der Waals surface area contributed by atoms with Gasteiger partial charge in [0.15, 0.2) is 0 Å². The molecule has 0 atom stereocenters.